The van der Waals surface area contributed by atoms with Gasteiger partial charge in [0.05, 0.1) is 38.9 Å². The second kappa shape index (κ2) is 15.0. The number of aromatic nitrogens is 4. The fourth-order valence-electron chi connectivity index (χ4n) is 11.3. The van der Waals surface area contributed by atoms with Gasteiger partial charge >= 0.3 is 0 Å². The van der Waals surface area contributed by atoms with E-state index < -0.39 is 5.41 Å². The highest BCUT2D eigenvalue weighted by Gasteiger charge is 2.51. The zero-order valence-corrected chi connectivity index (χ0v) is 36.9. The van der Waals surface area contributed by atoms with Crippen LogP contribution in [0.4, 0.5) is 17.1 Å². The predicted octanol–water partition coefficient (Wildman–Crippen LogP) is 15.5. The van der Waals surface area contributed by atoms with Crippen molar-refractivity contribution in [3.8, 4) is 56.4 Å². The molecule has 0 saturated carbocycles. The van der Waals surface area contributed by atoms with Crippen molar-refractivity contribution in [1.29, 1.82) is 0 Å². The van der Waals surface area contributed by atoms with Gasteiger partial charge in [0.2, 0.25) is 0 Å². The SMILES string of the molecule is c1ccc(N2c3ccccc3C3(c4ccccc4-c4cc(-c5cc(-c6nc7ccccc7n6-c6ccccc6)cc(-c6nc7ccccc7n6-c6ccccc6)c5)ccc43)c3ccccc32)cc1. The van der Waals surface area contributed by atoms with Crippen LogP contribution in [0.1, 0.15) is 22.3 Å². The van der Waals surface area contributed by atoms with E-state index >= 15 is 0 Å². The normalized spacial score (nSPS) is 13.1. The number of anilines is 3. The van der Waals surface area contributed by atoms with Gasteiger partial charge in [-0.2, -0.15) is 0 Å². The predicted molar refractivity (Wildman–Crippen MR) is 278 cm³/mol. The number of hydrogen-bond donors (Lipinski definition) is 0. The topological polar surface area (TPSA) is 38.9 Å². The van der Waals surface area contributed by atoms with E-state index in [-0.39, 0.29) is 0 Å². The molecule has 318 valence electrons. The van der Waals surface area contributed by atoms with Gasteiger partial charge in [-0.05, 0) is 142 Å². The molecule has 0 atom stereocenters. The average Bonchev–Trinajstić information content (AvgIpc) is 4.09. The number of hydrogen-bond acceptors (Lipinski definition) is 3. The maximum atomic E-state index is 5.40. The third kappa shape index (κ3) is 5.56. The summed E-state index contributed by atoms with van der Waals surface area (Å²) in [5.74, 6) is 1.73. The van der Waals surface area contributed by atoms with E-state index in [0.717, 1.165) is 73.0 Å². The minimum Gasteiger partial charge on any atom is -0.310 e. The summed E-state index contributed by atoms with van der Waals surface area (Å²) >= 11 is 0. The molecule has 0 bridgehead atoms. The second-order valence-corrected chi connectivity index (χ2v) is 17.8. The Bertz CT molecular complexity index is 3740. The maximum Gasteiger partial charge on any atom is 0.145 e. The van der Waals surface area contributed by atoms with Crippen LogP contribution < -0.4 is 4.90 Å². The molecule has 0 N–H and O–H groups in total. The highest BCUT2D eigenvalue weighted by atomic mass is 15.2. The molecule has 10 aromatic carbocycles. The van der Waals surface area contributed by atoms with E-state index in [1.165, 1.54) is 44.8 Å². The van der Waals surface area contributed by atoms with Crippen LogP contribution in [0.25, 0.3) is 78.5 Å². The van der Waals surface area contributed by atoms with Crippen molar-refractivity contribution < 1.29 is 0 Å². The molecule has 0 amide bonds. The molecule has 2 aliphatic rings. The van der Waals surface area contributed by atoms with Crippen molar-refractivity contribution in [3.05, 3.63) is 271 Å². The van der Waals surface area contributed by atoms with Crippen molar-refractivity contribution in [2.75, 3.05) is 4.90 Å². The first-order valence-electron chi connectivity index (χ1n) is 23.2. The Morgan fingerprint density at radius 1 is 0.294 bits per heavy atom. The lowest BCUT2D eigenvalue weighted by Gasteiger charge is -2.45. The van der Waals surface area contributed by atoms with E-state index in [0.29, 0.717) is 0 Å². The lowest BCUT2D eigenvalue weighted by atomic mass is 9.64. The summed E-state index contributed by atoms with van der Waals surface area (Å²) in [5.41, 5.74) is 20.8. The molecule has 0 fully saturated rings. The Morgan fingerprint density at radius 2 is 0.721 bits per heavy atom. The van der Waals surface area contributed by atoms with E-state index in [4.69, 9.17) is 9.97 Å². The van der Waals surface area contributed by atoms with Crippen LogP contribution in [0.15, 0.2) is 249 Å². The monoisotopic (exact) mass is 867 g/mol. The highest BCUT2D eigenvalue weighted by Crippen LogP contribution is 2.63. The Kier molecular flexibility index (Phi) is 8.43. The molecule has 12 aromatic rings. The van der Waals surface area contributed by atoms with Gasteiger partial charge in [-0.15, -0.1) is 0 Å². The first kappa shape index (κ1) is 38.2. The van der Waals surface area contributed by atoms with Gasteiger partial charge in [-0.1, -0.05) is 152 Å². The van der Waals surface area contributed by atoms with Crippen LogP contribution in [0.2, 0.25) is 0 Å². The summed E-state index contributed by atoms with van der Waals surface area (Å²) in [7, 11) is 0. The molecule has 3 heterocycles. The molecule has 14 rings (SSSR count). The van der Waals surface area contributed by atoms with Crippen LogP contribution in [-0.2, 0) is 5.41 Å². The molecule has 0 radical (unpaired) electrons. The molecule has 0 unspecified atom stereocenters. The smallest absolute Gasteiger partial charge is 0.145 e. The molecule has 0 saturated heterocycles. The summed E-state index contributed by atoms with van der Waals surface area (Å²) in [5, 5.41) is 0. The Labute approximate surface area is 394 Å². The first-order chi connectivity index (χ1) is 33.7. The standard InChI is InChI=1S/C63H41N5/c1-4-20-46(21-5-1)66-57-32-16-12-28-53(57)63(54-29-13-17-33-58(54)66)51-27-11-10-26-49(51)50-41-42(36-37-52(50)63)43-38-44(61-64-55-30-14-18-34-59(55)67(61)47-22-6-2-7-23-47)40-45(39-43)62-65-56-31-15-19-35-60(56)68(62)48-24-8-3-9-25-48/h1-41H. The quantitative estimate of drug-likeness (QED) is 0.167. The molecule has 5 heteroatoms. The van der Waals surface area contributed by atoms with Crippen molar-refractivity contribution in [1.82, 2.24) is 19.1 Å². The average molecular weight is 868 g/mol. The zero-order chi connectivity index (χ0) is 44.8. The molecular weight excluding hydrogens is 827 g/mol. The minimum absolute atomic E-state index is 0.545. The number of rotatable bonds is 6. The number of fused-ring (bicyclic) bond motifs is 11. The van der Waals surface area contributed by atoms with Gasteiger partial charge in [0.15, 0.2) is 0 Å². The molecule has 1 aliphatic heterocycles. The first-order valence-corrected chi connectivity index (χ1v) is 23.2. The van der Waals surface area contributed by atoms with Crippen molar-refractivity contribution in [2.24, 2.45) is 0 Å². The number of nitrogens with zero attached hydrogens (tertiary/aromatic N) is 5. The number of imidazole rings is 2. The summed E-state index contributed by atoms with van der Waals surface area (Å²) in [6, 6.07) is 89.9. The van der Waals surface area contributed by atoms with Gasteiger partial charge < -0.3 is 4.90 Å². The van der Waals surface area contributed by atoms with E-state index in [9.17, 15) is 0 Å². The van der Waals surface area contributed by atoms with Crippen LogP contribution >= 0.6 is 0 Å². The van der Waals surface area contributed by atoms with E-state index in [1.54, 1.807) is 0 Å². The van der Waals surface area contributed by atoms with Crippen molar-refractivity contribution in [3.63, 3.8) is 0 Å². The summed E-state index contributed by atoms with van der Waals surface area (Å²) < 4.78 is 4.58. The summed E-state index contributed by atoms with van der Waals surface area (Å²) in [6.07, 6.45) is 0. The zero-order valence-electron chi connectivity index (χ0n) is 36.9. The minimum atomic E-state index is -0.545. The summed E-state index contributed by atoms with van der Waals surface area (Å²) in [6.45, 7) is 0. The Balaban J connectivity index is 1.03. The Hall–Kier alpha value is -9.06. The molecule has 68 heavy (non-hydrogen) atoms. The third-order valence-electron chi connectivity index (χ3n) is 14.1. The van der Waals surface area contributed by atoms with Crippen molar-refractivity contribution >= 4 is 39.1 Å². The van der Waals surface area contributed by atoms with Gasteiger partial charge in [0, 0.05) is 28.2 Å². The van der Waals surface area contributed by atoms with Crippen LogP contribution in [-0.4, -0.2) is 19.1 Å². The number of para-hydroxylation sites is 9. The summed E-state index contributed by atoms with van der Waals surface area (Å²) in [4.78, 5) is 13.2. The third-order valence-corrected chi connectivity index (χ3v) is 14.1. The Morgan fingerprint density at radius 3 is 1.28 bits per heavy atom. The molecule has 5 nitrogen and oxygen atoms in total. The van der Waals surface area contributed by atoms with Gasteiger partial charge in [0.1, 0.15) is 11.6 Å². The van der Waals surface area contributed by atoms with Gasteiger partial charge in [-0.25, -0.2) is 9.97 Å². The largest absolute Gasteiger partial charge is 0.310 e. The molecular formula is C63H41N5. The lowest BCUT2D eigenvalue weighted by Crippen LogP contribution is -2.36. The lowest BCUT2D eigenvalue weighted by molar-refractivity contribution is 0.753. The highest BCUT2D eigenvalue weighted by molar-refractivity contribution is 5.97. The molecule has 1 spiro atoms. The second-order valence-electron chi connectivity index (χ2n) is 17.8. The molecule has 2 aromatic heterocycles. The fraction of sp³-hybridized carbons (Fsp3) is 0.0159. The van der Waals surface area contributed by atoms with Gasteiger partial charge in [-0.3, -0.25) is 9.13 Å². The van der Waals surface area contributed by atoms with Crippen molar-refractivity contribution in [2.45, 2.75) is 5.41 Å². The van der Waals surface area contributed by atoms with Crippen LogP contribution in [0.5, 0.6) is 0 Å². The van der Waals surface area contributed by atoms with E-state index in [2.05, 4.69) is 263 Å². The fourth-order valence-corrected chi connectivity index (χ4v) is 11.3. The van der Waals surface area contributed by atoms with Crippen LogP contribution in [0.3, 0.4) is 0 Å². The maximum absolute atomic E-state index is 5.40. The van der Waals surface area contributed by atoms with Gasteiger partial charge in [0.25, 0.3) is 0 Å². The number of benzene rings is 10. The van der Waals surface area contributed by atoms with Crippen LogP contribution in [0, 0.1) is 0 Å². The van der Waals surface area contributed by atoms with E-state index in [1.807, 2.05) is 0 Å². The molecule has 1 aliphatic carbocycles.